The highest BCUT2D eigenvalue weighted by atomic mass is 35.5. The molecule has 0 aliphatic carbocycles. The van der Waals surface area contributed by atoms with Crippen LogP contribution < -0.4 is 15.0 Å². The number of halogens is 1. The smallest absolute Gasteiger partial charge is 0.276 e. The van der Waals surface area contributed by atoms with Crippen LogP contribution in [0.3, 0.4) is 0 Å². The zero-order valence-electron chi connectivity index (χ0n) is 15.6. The predicted molar refractivity (Wildman–Crippen MR) is 116 cm³/mol. The van der Waals surface area contributed by atoms with Gasteiger partial charge in [0.25, 0.3) is 5.56 Å². The number of nitrogens with zero attached hydrogens (tertiary/aromatic N) is 4. The van der Waals surface area contributed by atoms with Crippen LogP contribution in [0.1, 0.15) is 19.4 Å². The lowest BCUT2D eigenvalue weighted by Gasteiger charge is -2.20. The highest BCUT2D eigenvalue weighted by Gasteiger charge is 2.16. The van der Waals surface area contributed by atoms with E-state index in [9.17, 15) is 4.79 Å². The van der Waals surface area contributed by atoms with E-state index in [1.54, 1.807) is 6.07 Å². The van der Waals surface area contributed by atoms with Crippen molar-refractivity contribution in [2.24, 2.45) is 0 Å². The van der Waals surface area contributed by atoms with Gasteiger partial charge >= 0.3 is 0 Å². The van der Waals surface area contributed by atoms with Crippen molar-refractivity contribution in [2.75, 3.05) is 18.0 Å². The van der Waals surface area contributed by atoms with Crippen molar-refractivity contribution in [2.45, 2.75) is 13.8 Å². The Balaban J connectivity index is 1.77. The largest absolute Gasteiger partial charge is 0.372 e. The van der Waals surface area contributed by atoms with Gasteiger partial charge in [0, 0.05) is 24.3 Å². The minimum atomic E-state index is -0.132. The second-order valence-electron chi connectivity index (χ2n) is 6.30. The molecule has 7 heteroatoms. The SMILES string of the molecule is CCN(CC)c1ccc(/C=c2/sc3nnc(-c4ccccc4Cl)n3c2=O)cc1. The Morgan fingerprint density at radius 1 is 1.07 bits per heavy atom. The fourth-order valence-electron chi connectivity index (χ4n) is 3.20. The number of anilines is 1. The fourth-order valence-corrected chi connectivity index (χ4v) is 4.33. The molecule has 5 nitrogen and oxygen atoms in total. The van der Waals surface area contributed by atoms with Crippen LogP contribution in [-0.2, 0) is 0 Å². The summed E-state index contributed by atoms with van der Waals surface area (Å²) in [4.78, 5) is 15.8. The minimum absolute atomic E-state index is 0.132. The van der Waals surface area contributed by atoms with Gasteiger partial charge in [-0.15, -0.1) is 10.2 Å². The molecule has 0 radical (unpaired) electrons. The fraction of sp³-hybridized carbons (Fsp3) is 0.190. The second kappa shape index (κ2) is 7.73. The molecule has 0 bridgehead atoms. The monoisotopic (exact) mass is 410 g/mol. The van der Waals surface area contributed by atoms with Crippen molar-refractivity contribution in [1.29, 1.82) is 0 Å². The Labute approximate surface area is 171 Å². The molecule has 28 heavy (non-hydrogen) atoms. The Bertz CT molecular complexity index is 1230. The normalized spacial score (nSPS) is 12.0. The van der Waals surface area contributed by atoms with E-state index in [1.807, 2.05) is 36.4 Å². The van der Waals surface area contributed by atoms with Crippen molar-refractivity contribution >= 4 is 39.7 Å². The van der Waals surface area contributed by atoms with E-state index in [2.05, 4.69) is 41.1 Å². The average Bonchev–Trinajstić information content (AvgIpc) is 3.25. The van der Waals surface area contributed by atoms with E-state index in [1.165, 1.54) is 21.4 Å². The first-order valence-corrected chi connectivity index (χ1v) is 10.3. The first-order chi connectivity index (χ1) is 13.6. The van der Waals surface area contributed by atoms with Crippen LogP contribution in [0.2, 0.25) is 5.02 Å². The van der Waals surface area contributed by atoms with Gasteiger partial charge in [0.1, 0.15) is 0 Å². The number of hydrogen-bond donors (Lipinski definition) is 0. The van der Waals surface area contributed by atoms with Gasteiger partial charge in [0.2, 0.25) is 4.96 Å². The molecule has 4 aromatic rings. The lowest BCUT2D eigenvalue weighted by Crippen LogP contribution is -2.23. The Morgan fingerprint density at radius 3 is 2.46 bits per heavy atom. The predicted octanol–water partition coefficient (Wildman–Crippen LogP) is 3.87. The van der Waals surface area contributed by atoms with Crippen molar-refractivity contribution in [3.63, 3.8) is 0 Å². The van der Waals surface area contributed by atoms with Gasteiger partial charge in [-0.1, -0.05) is 47.2 Å². The third-order valence-electron chi connectivity index (χ3n) is 4.68. The highest BCUT2D eigenvalue weighted by Crippen LogP contribution is 2.26. The zero-order chi connectivity index (χ0) is 19.7. The molecule has 2 aromatic carbocycles. The lowest BCUT2D eigenvalue weighted by atomic mass is 10.2. The summed E-state index contributed by atoms with van der Waals surface area (Å²) in [7, 11) is 0. The third kappa shape index (κ3) is 3.30. The van der Waals surface area contributed by atoms with Crippen LogP contribution in [0.4, 0.5) is 5.69 Å². The summed E-state index contributed by atoms with van der Waals surface area (Å²) in [6, 6.07) is 15.5. The number of benzene rings is 2. The van der Waals surface area contributed by atoms with Crippen LogP contribution in [0.5, 0.6) is 0 Å². The number of fused-ring (bicyclic) bond motifs is 1. The summed E-state index contributed by atoms with van der Waals surface area (Å²) in [5, 5.41) is 8.87. The molecule has 0 atom stereocenters. The average molecular weight is 411 g/mol. The van der Waals surface area contributed by atoms with Crippen LogP contribution in [0.15, 0.2) is 53.3 Å². The summed E-state index contributed by atoms with van der Waals surface area (Å²) in [5.74, 6) is 0.471. The molecule has 0 fully saturated rings. The molecule has 2 aromatic heterocycles. The summed E-state index contributed by atoms with van der Waals surface area (Å²) < 4.78 is 2.15. The standard InChI is InChI=1S/C21H19ClN4OS/c1-3-25(4-2)15-11-9-14(10-12-15)13-18-20(27)26-19(23-24-21(26)28-18)16-7-5-6-8-17(16)22/h5-13H,3-4H2,1-2H3/b18-13+. The van der Waals surface area contributed by atoms with E-state index in [0.717, 1.165) is 18.7 Å². The molecule has 0 saturated heterocycles. The van der Waals surface area contributed by atoms with Gasteiger partial charge in [-0.25, -0.2) is 4.40 Å². The Morgan fingerprint density at radius 2 is 1.79 bits per heavy atom. The van der Waals surface area contributed by atoms with Gasteiger partial charge in [-0.2, -0.15) is 0 Å². The topological polar surface area (TPSA) is 50.5 Å². The Kier molecular flexibility index (Phi) is 5.15. The number of thiazole rings is 1. The summed E-state index contributed by atoms with van der Waals surface area (Å²) in [6.45, 7) is 6.20. The molecular formula is C21H19ClN4OS. The van der Waals surface area contributed by atoms with E-state index in [-0.39, 0.29) is 5.56 Å². The van der Waals surface area contributed by atoms with Crippen LogP contribution in [0, 0.1) is 0 Å². The second-order valence-corrected chi connectivity index (χ2v) is 7.72. The maximum absolute atomic E-state index is 13.0. The van der Waals surface area contributed by atoms with Crippen LogP contribution in [-0.4, -0.2) is 27.7 Å². The first kappa shape index (κ1) is 18.7. The maximum atomic E-state index is 13.0. The third-order valence-corrected chi connectivity index (χ3v) is 5.97. The highest BCUT2D eigenvalue weighted by molar-refractivity contribution is 7.15. The zero-order valence-corrected chi connectivity index (χ0v) is 17.2. The van der Waals surface area contributed by atoms with Gasteiger partial charge in [0.15, 0.2) is 5.82 Å². The van der Waals surface area contributed by atoms with Crippen LogP contribution in [0.25, 0.3) is 22.4 Å². The molecular weight excluding hydrogens is 392 g/mol. The molecule has 4 rings (SSSR count). The summed E-state index contributed by atoms with van der Waals surface area (Å²) >= 11 is 7.61. The van der Waals surface area contributed by atoms with Crippen molar-refractivity contribution in [3.8, 4) is 11.4 Å². The molecule has 2 heterocycles. The van der Waals surface area contributed by atoms with E-state index in [0.29, 0.717) is 25.9 Å². The molecule has 0 spiro atoms. The van der Waals surface area contributed by atoms with E-state index >= 15 is 0 Å². The van der Waals surface area contributed by atoms with Gasteiger partial charge in [-0.3, -0.25) is 4.79 Å². The molecule has 0 saturated carbocycles. The molecule has 0 aliphatic heterocycles. The molecule has 142 valence electrons. The molecule has 0 N–H and O–H groups in total. The van der Waals surface area contributed by atoms with Gasteiger partial charge in [0.05, 0.1) is 9.55 Å². The summed E-state index contributed by atoms with van der Waals surface area (Å²) in [6.07, 6.45) is 1.89. The quantitative estimate of drug-likeness (QED) is 0.501. The van der Waals surface area contributed by atoms with Crippen LogP contribution >= 0.6 is 22.9 Å². The number of aromatic nitrogens is 3. The number of hydrogen-bond acceptors (Lipinski definition) is 5. The van der Waals surface area contributed by atoms with Gasteiger partial charge < -0.3 is 4.90 Å². The molecule has 0 amide bonds. The van der Waals surface area contributed by atoms with Crippen molar-refractivity contribution in [1.82, 2.24) is 14.6 Å². The summed E-state index contributed by atoms with van der Waals surface area (Å²) in [5.41, 5.74) is 2.72. The number of rotatable bonds is 5. The van der Waals surface area contributed by atoms with Crippen molar-refractivity contribution in [3.05, 3.63) is 74.0 Å². The minimum Gasteiger partial charge on any atom is -0.372 e. The Hall–Kier alpha value is -2.70. The van der Waals surface area contributed by atoms with E-state index < -0.39 is 0 Å². The molecule has 0 aliphatic rings. The maximum Gasteiger partial charge on any atom is 0.276 e. The van der Waals surface area contributed by atoms with E-state index in [4.69, 9.17) is 11.6 Å². The van der Waals surface area contributed by atoms with Crippen molar-refractivity contribution < 1.29 is 0 Å². The van der Waals surface area contributed by atoms with Gasteiger partial charge in [-0.05, 0) is 49.8 Å². The molecule has 0 unspecified atom stereocenters. The lowest BCUT2D eigenvalue weighted by molar-refractivity contribution is 0.866. The first-order valence-electron chi connectivity index (χ1n) is 9.12.